The molecule has 1 rings (SSSR count). The lowest BCUT2D eigenvalue weighted by molar-refractivity contribution is -0.134. The van der Waals surface area contributed by atoms with Crippen LogP contribution >= 0.6 is 0 Å². The molecule has 4 atom stereocenters. The fourth-order valence-electron chi connectivity index (χ4n) is 3.11. The predicted octanol–water partition coefficient (Wildman–Crippen LogP) is 0.291. The van der Waals surface area contributed by atoms with Crippen molar-refractivity contribution in [2.45, 2.75) is 78.6 Å². The number of nitrogens with two attached hydrogens (primary N) is 1. The summed E-state index contributed by atoms with van der Waals surface area (Å²) in [6.45, 7) is 11.1. The van der Waals surface area contributed by atoms with Gasteiger partial charge in [0.15, 0.2) is 0 Å². The maximum atomic E-state index is 13.0. The zero-order valence-electron chi connectivity index (χ0n) is 19.8. The first-order chi connectivity index (χ1) is 15.0. The molecule has 0 unspecified atom stereocenters. The molecule has 0 aliphatic heterocycles. The molecule has 32 heavy (non-hydrogen) atoms. The number of rotatable bonds is 13. The number of imidazole rings is 1. The Morgan fingerprint density at radius 1 is 1.00 bits per heavy atom. The number of aldehydes is 1. The molecule has 0 fully saturated rings. The van der Waals surface area contributed by atoms with E-state index in [1.165, 1.54) is 6.33 Å². The molecule has 10 nitrogen and oxygen atoms in total. The van der Waals surface area contributed by atoms with Crippen LogP contribution < -0.4 is 21.7 Å². The van der Waals surface area contributed by atoms with Crippen LogP contribution in [0.1, 0.15) is 53.7 Å². The summed E-state index contributed by atoms with van der Waals surface area (Å²) in [4.78, 5) is 56.7. The van der Waals surface area contributed by atoms with Gasteiger partial charge in [0.05, 0.1) is 18.4 Å². The van der Waals surface area contributed by atoms with Gasteiger partial charge in [-0.05, 0) is 24.2 Å². The molecule has 0 spiro atoms. The van der Waals surface area contributed by atoms with Crippen molar-refractivity contribution in [3.8, 4) is 0 Å². The van der Waals surface area contributed by atoms with Crippen molar-refractivity contribution < 1.29 is 19.2 Å². The van der Waals surface area contributed by atoms with Crippen LogP contribution in [0.3, 0.4) is 0 Å². The highest BCUT2D eigenvalue weighted by Crippen LogP contribution is 2.08. The van der Waals surface area contributed by atoms with Crippen LogP contribution in [0.15, 0.2) is 12.5 Å². The Balaban J connectivity index is 3.00. The molecule has 3 amide bonds. The number of H-pyrrole nitrogens is 1. The Bertz CT molecular complexity index is 748. The number of carbonyl (C=O) groups excluding carboxylic acids is 4. The Morgan fingerprint density at radius 2 is 1.66 bits per heavy atom. The number of hydrogen-bond donors (Lipinski definition) is 5. The van der Waals surface area contributed by atoms with E-state index in [0.717, 1.165) is 0 Å². The number of nitrogens with one attached hydrogen (secondary N) is 4. The average molecular weight is 451 g/mol. The quantitative estimate of drug-likeness (QED) is 0.272. The van der Waals surface area contributed by atoms with Gasteiger partial charge < -0.3 is 31.5 Å². The second kappa shape index (κ2) is 12.9. The molecule has 0 aliphatic rings. The summed E-state index contributed by atoms with van der Waals surface area (Å²) in [5, 5.41) is 8.11. The molecule has 6 N–H and O–H groups in total. The standard InChI is InChI=1S/C22H38N6O4/c1-12(2)7-16(10-29)26-20(30)17(8-15-9-24-11-25-15)27-22(32)19(14(5)6)28-21(31)18(23)13(3)4/h9-14,16-19H,7-8,23H2,1-6H3,(H,24,25)(H,26,30)(H,27,32)(H,28,31)/t16-,17-,18-,19-/m0/s1. The molecule has 1 aromatic rings. The van der Waals surface area contributed by atoms with Crippen molar-refractivity contribution in [2.75, 3.05) is 0 Å². The summed E-state index contributed by atoms with van der Waals surface area (Å²) in [5.74, 6) is -1.55. The van der Waals surface area contributed by atoms with Crippen molar-refractivity contribution in [1.82, 2.24) is 25.9 Å². The summed E-state index contributed by atoms with van der Waals surface area (Å²) in [6.07, 6.45) is 4.36. The second-order valence-corrected chi connectivity index (χ2v) is 9.22. The number of hydrogen-bond acceptors (Lipinski definition) is 6. The van der Waals surface area contributed by atoms with Gasteiger partial charge in [-0.3, -0.25) is 14.4 Å². The molecule has 0 aliphatic carbocycles. The lowest BCUT2D eigenvalue weighted by Crippen LogP contribution is -2.59. The van der Waals surface area contributed by atoms with E-state index in [0.29, 0.717) is 18.4 Å². The first-order valence-electron chi connectivity index (χ1n) is 11.0. The summed E-state index contributed by atoms with van der Waals surface area (Å²) in [7, 11) is 0. The molecular formula is C22H38N6O4. The third-order valence-corrected chi connectivity index (χ3v) is 5.10. The van der Waals surface area contributed by atoms with E-state index in [1.807, 2.05) is 27.7 Å². The van der Waals surface area contributed by atoms with Gasteiger partial charge in [0.1, 0.15) is 18.4 Å². The lowest BCUT2D eigenvalue weighted by atomic mass is 9.99. The third-order valence-electron chi connectivity index (χ3n) is 5.10. The molecule has 0 aromatic carbocycles. The van der Waals surface area contributed by atoms with E-state index in [9.17, 15) is 19.2 Å². The van der Waals surface area contributed by atoms with Gasteiger partial charge in [-0.2, -0.15) is 0 Å². The topological polar surface area (TPSA) is 159 Å². The monoisotopic (exact) mass is 450 g/mol. The smallest absolute Gasteiger partial charge is 0.243 e. The van der Waals surface area contributed by atoms with Crippen LogP contribution in [0.2, 0.25) is 0 Å². The van der Waals surface area contributed by atoms with E-state index < -0.39 is 41.9 Å². The normalized spacial score (nSPS) is 15.2. The molecule has 0 saturated carbocycles. The lowest BCUT2D eigenvalue weighted by Gasteiger charge is -2.27. The number of aromatic amines is 1. The molecule has 180 valence electrons. The number of carbonyl (C=O) groups is 4. The van der Waals surface area contributed by atoms with E-state index in [1.54, 1.807) is 20.0 Å². The van der Waals surface area contributed by atoms with Crippen molar-refractivity contribution in [3.63, 3.8) is 0 Å². The first kappa shape index (κ1) is 27.3. The highest BCUT2D eigenvalue weighted by atomic mass is 16.2. The second-order valence-electron chi connectivity index (χ2n) is 9.22. The fraction of sp³-hybridized carbons (Fsp3) is 0.682. The maximum absolute atomic E-state index is 13.0. The maximum Gasteiger partial charge on any atom is 0.243 e. The zero-order valence-corrected chi connectivity index (χ0v) is 19.8. The fourth-order valence-corrected chi connectivity index (χ4v) is 3.11. The van der Waals surface area contributed by atoms with Gasteiger partial charge in [0.2, 0.25) is 17.7 Å². The van der Waals surface area contributed by atoms with E-state index in [-0.39, 0.29) is 24.2 Å². The average Bonchev–Trinajstić information content (AvgIpc) is 3.22. The minimum atomic E-state index is -0.963. The van der Waals surface area contributed by atoms with Crippen LogP contribution in [0.25, 0.3) is 0 Å². The highest BCUT2D eigenvalue weighted by molar-refractivity contribution is 5.93. The zero-order chi connectivity index (χ0) is 24.4. The Morgan fingerprint density at radius 3 is 2.12 bits per heavy atom. The Hall–Kier alpha value is -2.75. The minimum absolute atomic E-state index is 0.0917. The molecule has 1 aromatic heterocycles. The Labute approximate surface area is 189 Å². The number of amides is 3. The van der Waals surface area contributed by atoms with Gasteiger partial charge in [-0.25, -0.2) is 4.98 Å². The SMILES string of the molecule is CC(C)C[C@@H](C=O)NC(=O)[C@H](Cc1cnc[nH]1)NC(=O)[C@@H](NC(=O)[C@@H](N)C(C)C)C(C)C. The van der Waals surface area contributed by atoms with Crippen LogP contribution in [-0.2, 0) is 25.6 Å². The molecule has 1 heterocycles. The van der Waals surface area contributed by atoms with Crippen LogP contribution in [0, 0.1) is 17.8 Å². The number of aromatic nitrogens is 2. The van der Waals surface area contributed by atoms with Crippen molar-refractivity contribution >= 4 is 24.0 Å². The van der Waals surface area contributed by atoms with E-state index in [2.05, 4.69) is 25.9 Å². The summed E-state index contributed by atoms with van der Waals surface area (Å²) < 4.78 is 0. The highest BCUT2D eigenvalue weighted by Gasteiger charge is 2.31. The number of nitrogens with zero attached hydrogens (tertiary/aromatic N) is 1. The van der Waals surface area contributed by atoms with Gasteiger partial charge in [0.25, 0.3) is 0 Å². The Kier molecular flexibility index (Phi) is 11.0. The molecule has 0 saturated heterocycles. The largest absolute Gasteiger partial charge is 0.348 e. The van der Waals surface area contributed by atoms with Crippen LogP contribution in [0.5, 0.6) is 0 Å². The first-order valence-corrected chi connectivity index (χ1v) is 11.0. The van der Waals surface area contributed by atoms with Gasteiger partial charge in [-0.1, -0.05) is 41.5 Å². The summed E-state index contributed by atoms with van der Waals surface area (Å²) >= 11 is 0. The van der Waals surface area contributed by atoms with Crippen molar-refractivity contribution in [3.05, 3.63) is 18.2 Å². The third kappa shape index (κ3) is 8.78. The van der Waals surface area contributed by atoms with E-state index in [4.69, 9.17) is 5.73 Å². The summed E-state index contributed by atoms with van der Waals surface area (Å²) in [6, 6.07) is -3.25. The van der Waals surface area contributed by atoms with E-state index >= 15 is 0 Å². The summed E-state index contributed by atoms with van der Waals surface area (Å²) in [5.41, 5.74) is 6.55. The van der Waals surface area contributed by atoms with Gasteiger partial charge >= 0.3 is 0 Å². The molecule has 10 heteroatoms. The molecule has 0 radical (unpaired) electrons. The van der Waals surface area contributed by atoms with Crippen molar-refractivity contribution in [1.29, 1.82) is 0 Å². The van der Waals surface area contributed by atoms with Crippen molar-refractivity contribution in [2.24, 2.45) is 23.5 Å². The van der Waals surface area contributed by atoms with Gasteiger partial charge in [-0.15, -0.1) is 0 Å². The molecular weight excluding hydrogens is 412 g/mol. The van der Waals surface area contributed by atoms with Gasteiger partial charge in [0, 0.05) is 18.3 Å². The van der Waals surface area contributed by atoms with Crippen LogP contribution in [0.4, 0.5) is 0 Å². The molecule has 0 bridgehead atoms. The van der Waals surface area contributed by atoms with Crippen LogP contribution in [-0.4, -0.2) is 58.1 Å². The predicted molar refractivity (Wildman–Crippen MR) is 121 cm³/mol. The minimum Gasteiger partial charge on any atom is -0.348 e.